The van der Waals surface area contributed by atoms with Crippen molar-refractivity contribution >= 4 is 29.2 Å². The Kier molecular flexibility index (Phi) is 3.31. The fraction of sp³-hybridized carbons (Fsp3) is 0.100. The van der Waals surface area contributed by atoms with E-state index in [2.05, 4.69) is 15.0 Å². The lowest BCUT2D eigenvalue weighted by molar-refractivity contribution is 0.0600. The van der Waals surface area contributed by atoms with Gasteiger partial charge in [-0.15, -0.1) is 5.10 Å². The minimum atomic E-state index is -0.483. The van der Waals surface area contributed by atoms with E-state index >= 15 is 0 Å². The molecule has 0 fully saturated rings. The van der Waals surface area contributed by atoms with Gasteiger partial charge in [-0.05, 0) is 12.1 Å². The van der Waals surface area contributed by atoms with E-state index < -0.39 is 5.97 Å². The average Bonchev–Trinajstić information content (AvgIpc) is 2.69. The third-order valence-electron chi connectivity index (χ3n) is 2.12. The number of nitrogens with zero attached hydrogens (tertiary/aromatic N) is 3. The molecule has 0 bridgehead atoms. The highest BCUT2D eigenvalue weighted by molar-refractivity contribution is 6.40. The minimum Gasteiger partial charge on any atom is -0.465 e. The Morgan fingerprint density at radius 1 is 1.35 bits per heavy atom. The van der Waals surface area contributed by atoms with Crippen molar-refractivity contribution in [2.24, 2.45) is 0 Å². The van der Waals surface area contributed by atoms with Gasteiger partial charge < -0.3 is 4.74 Å². The summed E-state index contributed by atoms with van der Waals surface area (Å²) in [5, 5.41) is 7.59. The molecule has 0 unspecified atom stereocenters. The summed E-state index contributed by atoms with van der Waals surface area (Å²) in [5.74, 6) is -0.483. The van der Waals surface area contributed by atoms with Crippen molar-refractivity contribution in [1.29, 1.82) is 0 Å². The monoisotopic (exact) mass is 271 g/mol. The fourth-order valence-corrected chi connectivity index (χ4v) is 1.62. The Labute approximate surface area is 107 Å². The van der Waals surface area contributed by atoms with Crippen LogP contribution in [0.5, 0.6) is 0 Å². The van der Waals surface area contributed by atoms with Crippen LogP contribution in [0.25, 0.3) is 5.69 Å². The van der Waals surface area contributed by atoms with Crippen molar-refractivity contribution in [3.8, 4) is 5.69 Å². The number of aromatic nitrogens is 3. The highest BCUT2D eigenvalue weighted by Crippen LogP contribution is 2.24. The van der Waals surface area contributed by atoms with Crippen LogP contribution in [0, 0.1) is 0 Å². The van der Waals surface area contributed by atoms with E-state index in [4.69, 9.17) is 23.2 Å². The fourth-order valence-electron chi connectivity index (χ4n) is 1.35. The number of ether oxygens (including phenoxy) is 1. The van der Waals surface area contributed by atoms with Crippen LogP contribution in [0.1, 0.15) is 10.4 Å². The van der Waals surface area contributed by atoms with Crippen LogP contribution < -0.4 is 0 Å². The number of esters is 1. The third kappa shape index (κ3) is 2.11. The smallest absolute Gasteiger partial charge is 0.340 e. The third-order valence-corrected chi connectivity index (χ3v) is 2.81. The average molecular weight is 272 g/mol. The van der Waals surface area contributed by atoms with E-state index in [0.717, 1.165) is 0 Å². The summed E-state index contributed by atoms with van der Waals surface area (Å²) in [6.45, 7) is 0. The molecule has 0 aliphatic carbocycles. The number of benzene rings is 1. The summed E-state index contributed by atoms with van der Waals surface area (Å²) in [6, 6.07) is 6.73. The minimum absolute atomic E-state index is 0.0753. The molecular formula is C10H7Cl2N3O2. The van der Waals surface area contributed by atoms with Gasteiger partial charge in [-0.1, -0.05) is 40.5 Å². The number of rotatable bonds is 2. The molecule has 0 saturated heterocycles. The number of carbonyl (C=O) groups is 1. The van der Waals surface area contributed by atoms with Crippen LogP contribution in [-0.2, 0) is 4.74 Å². The quantitative estimate of drug-likeness (QED) is 0.787. The van der Waals surface area contributed by atoms with Gasteiger partial charge in [0.25, 0.3) is 0 Å². The second kappa shape index (κ2) is 4.73. The van der Waals surface area contributed by atoms with Crippen LogP contribution in [0.15, 0.2) is 24.3 Å². The van der Waals surface area contributed by atoms with Crippen molar-refractivity contribution < 1.29 is 9.53 Å². The largest absolute Gasteiger partial charge is 0.465 e. The zero-order valence-electron chi connectivity index (χ0n) is 8.72. The number of hydrogen-bond donors (Lipinski definition) is 0. The summed E-state index contributed by atoms with van der Waals surface area (Å²) < 4.78 is 5.94. The predicted octanol–water partition coefficient (Wildman–Crippen LogP) is 2.36. The normalized spacial score (nSPS) is 10.3. The molecule has 0 saturated carbocycles. The summed E-state index contributed by atoms with van der Waals surface area (Å²) in [6.07, 6.45) is 0. The number of carbonyl (C=O) groups excluding carboxylic acids is 1. The molecule has 0 N–H and O–H groups in total. The zero-order valence-corrected chi connectivity index (χ0v) is 10.2. The lowest BCUT2D eigenvalue weighted by Crippen LogP contribution is -2.08. The van der Waals surface area contributed by atoms with E-state index in [-0.39, 0.29) is 10.3 Å². The molecule has 1 aromatic heterocycles. The molecule has 2 aromatic rings. The standard InChI is InChI=1S/C10H7Cl2N3O2/c1-17-10(16)6-4-2-3-5-7(6)15-9(12)8(11)13-14-15/h2-5H,1H3. The molecule has 7 heteroatoms. The summed E-state index contributed by atoms with van der Waals surface area (Å²) in [4.78, 5) is 11.6. The molecule has 88 valence electrons. The molecule has 0 spiro atoms. The highest BCUT2D eigenvalue weighted by atomic mass is 35.5. The SMILES string of the molecule is COC(=O)c1ccccc1-n1nnc(Cl)c1Cl. The first kappa shape index (κ1) is 11.9. The molecular weight excluding hydrogens is 265 g/mol. The predicted molar refractivity (Wildman–Crippen MR) is 62.7 cm³/mol. The lowest BCUT2D eigenvalue weighted by Gasteiger charge is -2.07. The van der Waals surface area contributed by atoms with Gasteiger partial charge >= 0.3 is 5.97 Å². The Morgan fingerprint density at radius 2 is 2.06 bits per heavy atom. The van der Waals surface area contributed by atoms with Crippen LogP contribution in [0.3, 0.4) is 0 Å². The number of para-hydroxylation sites is 1. The Hall–Kier alpha value is -1.59. The highest BCUT2D eigenvalue weighted by Gasteiger charge is 2.17. The first-order valence-electron chi connectivity index (χ1n) is 4.59. The Bertz CT molecular complexity index is 568. The van der Waals surface area contributed by atoms with Crippen molar-refractivity contribution in [1.82, 2.24) is 15.0 Å². The van der Waals surface area contributed by atoms with E-state index in [1.54, 1.807) is 24.3 Å². The van der Waals surface area contributed by atoms with Gasteiger partial charge in [0.15, 0.2) is 10.3 Å². The molecule has 0 atom stereocenters. The topological polar surface area (TPSA) is 57.0 Å². The maximum Gasteiger partial charge on any atom is 0.340 e. The molecule has 2 rings (SSSR count). The van der Waals surface area contributed by atoms with Crippen LogP contribution in [0.4, 0.5) is 0 Å². The van der Waals surface area contributed by atoms with E-state index in [1.165, 1.54) is 11.8 Å². The van der Waals surface area contributed by atoms with Crippen molar-refractivity contribution in [3.05, 3.63) is 40.1 Å². The van der Waals surface area contributed by atoms with Crippen molar-refractivity contribution in [2.45, 2.75) is 0 Å². The maximum absolute atomic E-state index is 11.6. The van der Waals surface area contributed by atoms with Gasteiger partial charge in [0.05, 0.1) is 18.4 Å². The summed E-state index contributed by atoms with van der Waals surface area (Å²) in [5.41, 5.74) is 0.794. The molecule has 0 aliphatic heterocycles. The van der Waals surface area contributed by atoms with Gasteiger partial charge in [0.2, 0.25) is 0 Å². The summed E-state index contributed by atoms with van der Waals surface area (Å²) >= 11 is 11.6. The zero-order chi connectivity index (χ0) is 12.4. The van der Waals surface area contributed by atoms with Crippen molar-refractivity contribution in [2.75, 3.05) is 7.11 Å². The molecule has 17 heavy (non-hydrogen) atoms. The van der Waals surface area contributed by atoms with Crippen LogP contribution in [-0.4, -0.2) is 28.1 Å². The number of halogens is 2. The van der Waals surface area contributed by atoms with E-state index in [0.29, 0.717) is 11.3 Å². The van der Waals surface area contributed by atoms with Crippen LogP contribution in [0.2, 0.25) is 10.3 Å². The van der Waals surface area contributed by atoms with E-state index in [1.807, 2.05) is 0 Å². The molecule has 5 nitrogen and oxygen atoms in total. The van der Waals surface area contributed by atoms with Crippen LogP contribution >= 0.6 is 23.2 Å². The van der Waals surface area contributed by atoms with E-state index in [9.17, 15) is 4.79 Å². The second-order valence-corrected chi connectivity index (χ2v) is 3.81. The van der Waals surface area contributed by atoms with Gasteiger partial charge in [0, 0.05) is 0 Å². The molecule has 1 heterocycles. The molecule has 0 radical (unpaired) electrons. The first-order valence-corrected chi connectivity index (χ1v) is 5.35. The van der Waals surface area contributed by atoms with Gasteiger partial charge in [-0.3, -0.25) is 0 Å². The van der Waals surface area contributed by atoms with Gasteiger partial charge in [-0.25, -0.2) is 4.79 Å². The maximum atomic E-state index is 11.6. The molecule has 0 aliphatic rings. The van der Waals surface area contributed by atoms with Crippen molar-refractivity contribution in [3.63, 3.8) is 0 Å². The second-order valence-electron chi connectivity index (χ2n) is 3.09. The summed E-state index contributed by atoms with van der Waals surface area (Å²) in [7, 11) is 1.30. The lowest BCUT2D eigenvalue weighted by atomic mass is 10.2. The number of hydrogen-bond acceptors (Lipinski definition) is 4. The van der Waals surface area contributed by atoms with Gasteiger partial charge in [0.1, 0.15) is 0 Å². The molecule has 1 aromatic carbocycles. The Morgan fingerprint density at radius 3 is 2.65 bits per heavy atom. The van der Waals surface area contributed by atoms with Gasteiger partial charge in [-0.2, -0.15) is 4.68 Å². The Balaban J connectivity index is 2.60. The molecule has 0 amide bonds. The first-order chi connectivity index (χ1) is 8.15. The number of methoxy groups -OCH3 is 1.